The largest absolute Gasteiger partial charge is 0.493 e. The van der Waals surface area contributed by atoms with Crippen LogP contribution in [-0.2, 0) is 0 Å². The molecule has 1 aromatic heterocycles. The maximum Gasteiger partial charge on any atom is 0.261 e. The minimum atomic E-state index is -0.285. The average Bonchev–Trinajstić information content (AvgIpc) is 2.83. The van der Waals surface area contributed by atoms with Crippen molar-refractivity contribution < 1.29 is 9.53 Å². The number of rotatable bonds is 4. The van der Waals surface area contributed by atoms with Crippen molar-refractivity contribution in [2.45, 2.75) is 6.92 Å². The number of carbonyl (C=O) groups is 1. The minimum absolute atomic E-state index is 0.285. The Labute approximate surface area is 102 Å². The Hall–Kier alpha value is -2.02. The highest BCUT2D eigenvalue weighted by Crippen LogP contribution is 2.19. The van der Waals surface area contributed by atoms with Gasteiger partial charge in [0.25, 0.3) is 5.91 Å². The minimum Gasteiger partial charge on any atom is -0.493 e. The maximum atomic E-state index is 11.9. The van der Waals surface area contributed by atoms with Gasteiger partial charge < -0.3 is 4.74 Å². The number of para-hydroxylation sites is 1. The third kappa shape index (κ3) is 2.76. The number of aromatic nitrogens is 3. The van der Waals surface area contributed by atoms with Crippen molar-refractivity contribution in [1.82, 2.24) is 14.8 Å². The fraction of sp³-hybridized carbons (Fsp3) is 0.200. The maximum absolute atomic E-state index is 11.9. The summed E-state index contributed by atoms with van der Waals surface area (Å²) in [6, 6.07) is 7.02. The van der Waals surface area contributed by atoms with Crippen LogP contribution in [0, 0.1) is 0 Å². The Morgan fingerprint density at radius 2 is 2.29 bits per heavy atom. The molecule has 1 N–H and O–H groups in total. The summed E-state index contributed by atoms with van der Waals surface area (Å²) < 4.78 is 8.93. The third-order valence-corrected chi connectivity index (χ3v) is 2.46. The van der Waals surface area contributed by atoms with Gasteiger partial charge in [-0.1, -0.05) is 21.7 Å². The summed E-state index contributed by atoms with van der Waals surface area (Å²) in [6.45, 7) is 2.37. The van der Waals surface area contributed by atoms with Crippen LogP contribution in [-0.4, -0.2) is 27.3 Å². The van der Waals surface area contributed by atoms with Gasteiger partial charge in [0.05, 0.1) is 12.2 Å². The van der Waals surface area contributed by atoms with Gasteiger partial charge in [0, 0.05) is 11.5 Å². The monoisotopic (exact) mass is 250 g/mol. The topological polar surface area (TPSA) is 77.0 Å². The van der Waals surface area contributed by atoms with Crippen LogP contribution in [0.2, 0.25) is 0 Å². The second-order valence-corrected chi connectivity index (χ2v) is 3.78. The molecule has 88 valence electrons. The molecule has 0 bridgehead atoms. The van der Waals surface area contributed by atoms with E-state index in [0.29, 0.717) is 23.1 Å². The molecular formula is C10H10N4O2S. The Bertz CT molecular complexity index is 501. The van der Waals surface area contributed by atoms with Crippen LogP contribution in [0.1, 0.15) is 17.3 Å². The second-order valence-electron chi connectivity index (χ2n) is 3.05. The number of hydrogen-bond acceptors (Lipinski definition) is 6. The van der Waals surface area contributed by atoms with E-state index in [1.54, 1.807) is 18.2 Å². The fourth-order valence-corrected chi connectivity index (χ4v) is 1.64. The standard InChI is InChI=1S/C10H10N4O2S/c1-2-16-8-6-4-3-5-7(8)9(15)11-10-12-13-14-17-10/h3-6H,2H2,1H3,(H,11,12,14,15). The Kier molecular flexibility index (Phi) is 3.61. The van der Waals surface area contributed by atoms with Crippen LogP contribution in [0.5, 0.6) is 5.75 Å². The van der Waals surface area contributed by atoms with Gasteiger partial charge in [0.2, 0.25) is 5.13 Å². The zero-order valence-electron chi connectivity index (χ0n) is 9.08. The van der Waals surface area contributed by atoms with Crippen molar-refractivity contribution in [3.63, 3.8) is 0 Å². The molecule has 0 aliphatic carbocycles. The van der Waals surface area contributed by atoms with E-state index in [9.17, 15) is 4.79 Å². The smallest absolute Gasteiger partial charge is 0.261 e. The number of ether oxygens (including phenoxy) is 1. The van der Waals surface area contributed by atoms with Gasteiger partial charge in [-0.3, -0.25) is 10.1 Å². The first-order chi connectivity index (χ1) is 8.31. The van der Waals surface area contributed by atoms with Crippen molar-refractivity contribution in [2.75, 3.05) is 11.9 Å². The Morgan fingerprint density at radius 3 is 3.00 bits per heavy atom. The third-order valence-electron chi connectivity index (χ3n) is 1.95. The van der Waals surface area contributed by atoms with Crippen molar-refractivity contribution in [1.29, 1.82) is 0 Å². The quantitative estimate of drug-likeness (QED) is 0.891. The zero-order valence-corrected chi connectivity index (χ0v) is 9.90. The summed E-state index contributed by atoms with van der Waals surface area (Å²) in [5, 5.41) is 10.0. The average molecular weight is 250 g/mol. The fourth-order valence-electron chi connectivity index (χ4n) is 1.28. The predicted molar refractivity (Wildman–Crippen MR) is 63.3 cm³/mol. The predicted octanol–water partition coefficient (Wildman–Crippen LogP) is 1.58. The number of amides is 1. The summed E-state index contributed by atoms with van der Waals surface area (Å²) in [5.74, 6) is 0.262. The van der Waals surface area contributed by atoms with Gasteiger partial charge in [0.1, 0.15) is 5.75 Å². The number of nitrogens with one attached hydrogen (secondary N) is 1. The lowest BCUT2D eigenvalue weighted by Crippen LogP contribution is -2.13. The lowest BCUT2D eigenvalue weighted by molar-refractivity contribution is 0.102. The van der Waals surface area contributed by atoms with Crippen LogP contribution < -0.4 is 10.1 Å². The first-order valence-corrected chi connectivity index (χ1v) is 5.77. The van der Waals surface area contributed by atoms with Crippen molar-refractivity contribution in [2.24, 2.45) is 0 Å². The van der Waals surface area contributed by atoms with Crippen LogP contribution in [0.4, 0.5) is 5.13 Å². The van der Waals surface area contributed by atoms with Gasteiger partial charge in [-0.25, -0.2) is 0 Å². The molecule has 0 unspecified atom stereocenters. The second kappa shape index (κ2) is 5.35. The lowest BCUT2D eigenvalue weighted by atomic mass is 10.2. The summed E-state index contributed by atoms with van der Waals surface area (Å²) >= 11 is 1.02. The molecule has 0 spiro atoms. The lowest BCUT2D eigenvalue weighted by Gasteiger charge is -2.08. The Balaban J connectivity index is 2.18. The van der Waals surface area contributed by atoms with Crippen LogP contribution in [0.3, 0.4) is 0 Å². The molecule has 0 atom stereocenters. The molecule has 0 radical (unpaired) electrons. The molecule has 0 saturated carbocycles. The summed E-state index contributed by atoms with van der Waals surface area (Å²) in [6.07, 6.45) is 0. The van der Waals surface area contributed by atoms with Crippen molar-refractivity contribution >= 4 is 22.6 Å². The van der Waals surface area contributed by atoms with E-state index < -0.39 is 0 Å². The van der Waals surface area contributed by atoms with E-state index in [1.807, 2.05) is 13.0 Å². The van der Waals surface area contributed by atoms with Crippen LogP contribution in [0.25, 0.3) is 0 Å². The molecule has 0 saturated heterocycles. The van der Waals surface area contributed by atoms with Crippen LogP contribution >= 0.6 is 11.5 Å². The SMILES string of the molecule is CCOc1ccccc1C(=O)Nc1nnns1. The molecule has 0 aliphatic rings. The van der Waals surface area contributed by atoms with Gasteiger partial charge in [-0.15, -0.1) is 0 Å². The highest BCUT2D eigenvalue weighted by atomic mass is 32.1. The van der Waals surface area contributed by atoms with E-state index in [4.69, 9.17) is 4.74 Å². The first kappa shape index (κ1) is 11.5. The number of benzene rings is 1. The zero-order chi connectivity index (χ0) is 12.1. The molecule has 1 heterocycles. The van der Waals surface area contributed by atoms with E-state index in [1.165, 1.54) is 0 Å². The number of anilines is 1. The molecule has 0 aliphatic heterocycles. The molecule has 2 aromatic rings. The summed E-state index contributed by atoms with van der Waals surface area (Å²) in [7, 11) is 0. The number of hydrogen-bond donors (Lipinski definition) is 1. The number of nitrogens with zero attached hydrogens (tertiary/aromatic N) is 3. The van der Waals surface area contributed by atoms with Gasteiger partial charge in [0.15, 0.2) is 0 Å². The van der Waals surface area contributed by atoms with E-state index in [2.05, 4.69) is 20.1 Å². The molecule has 1 amide bonds. The molecule has 6 nitrogen and oxygen atoms in total. The van der Waals surface area contributed by atoms with Crippen molar-refractivity contribution in [3.05, 3.63) is 29.8 Å². The molecule has 2 rings (SSSR count). The molecule has 17 heavy (non-hydrogen) atoms. The Morgan fingerprint density at radius 1 is 1.47 bits per heavy atom. The summed E-state index contributed by atoms with van der Waals surface area (Å²) in [5.41, 5.74) is 0.463. The summed E-state index contributed by atoms with van der Waals surface area (Å²) in [4.78, 5) is 11.9. The molecule has 0 fully saturated rings. The van der Waals surface area contributed by atoms with Gasteiger partial charge >= 0.3 is 0 Å². The molecular weight excluding hydrogens is 240 g/mol. The van der Waals surface area contributed by atoms with E-state index in [-0.39, 0.29) is 5.91 Å². The molecule has 7 heteroatoms. The van der Waals surface area contributed by atoms with Gasteiger partial charge in [-0.2, -0.15) is 0 Å². The van der Waals surface area contributed by atoms with E-state index in [0.717, 1.165) is 11.5 Å². The van der Waals surface area contributed by atoms with E-state index >= 15 is 0 Å². The highest BCUT2D eigenvalue weighted by Gasteiger charge is 2.13. The first-order valence-electron chi connectivity index (χ1n) is 4.99. The normalized spacial score (nSPS) is 9.94. The highest BCUT2D eigenvalue weighted by molar-refractivity contribution is 7.09. The molecule has 1 aromatic carbocycles. The van der Waals surface area contributed by atoms with Crippen molar-refractivity contribution in [3.8, 4) is 5.75 Å². The van der Waals surface area contributed by atoms with Gasteiger partial charge in [-0.05, 0) is 24.3 Å². The number of carbonyl (C=O) groups excluding carboxylic acids is 1. The van der Waals surface area contributed by atoms with Crippen LogP contribution in [0.15, 0.2) is 24.3 Å².